The zero-order chi connectivity index (χ0) is 12.7. The number of carbonyl (C=O) groups excluding carboxylic acids is 1. The quantitative estimate of drug-likeness (QED) is 0.335. The first-order valence-corrected chi connectivity index (χ1v) is 6.15. The van der Waals surface area contributed by atoms with Gasteiger partial charge in [-0.3, -0.25) is 4.79 Å². The molecule has 17 heavy (non-hydrogen) atoms. The van der Waals surface area contributed by atoms with Crippen molar-refractivity contribution < 1.29 is 4.79 Å². The molecule has 1 aromatic carbocycles. The number of nitrogens with two attached hydrogens (primary N) is 1. The summed E-state index contributed by atoms with van der Waals surface area (Å²) in [6.07, 6.45) is 6.71. The highest BCUT2D eigenvalue weighted by Crippen LogP contribution is 2.15. The first kappa shape index (κ1) is 13.5. The van der Waals surface area contributed by atoms with Crippen LogP contribution in [0.1, 0.15) is 48.0 Å². The molecule has 2 heteroatoms. The minimum absolute atomic E-state index is 0.190. The molecule has 92 valence electrons. The Morgan fingerprint density at radius 2 is 2.12 bits per heavy atom. The number of Topliss-reactive ketones (excluding diaryl/α,β-unsaturated/α-hetero) is 1. The first-order valence-electron chi connectivity index (χ1n) is 6.15. The van der Waals surface area contributed by atoms with Crippen LogP contribution in [0.4, 0.5) is 5.69 Å². The van der Waals surface area contributed by atoms with E-state index in [2.05, 4.69) is 6.58 Å². The lowest BCUT2D eigenvalue weighted by molar-refractivity contribution is 0.0979. The molecule has 0 spiro atoms. The largest absolute Gasteiger partial charge is 0.398 e. The highest BCUT2D eigenvalue weighted by atomic mass is 16.1. The summed E-state index contributed by atoms with van der Waals surface area (Å²) in [5, 5.41) is 0. The Bertz CT molecular complexity index is 396. The summed E-state index contributed by atoms with van der Waals surface area (Å²) in [6, 6.07) is 5.54. The van der Waals surface area contributed by atoms with Gasteiger partial charge >= 0.3 is 0 Å². The van der Waals surface area contributed by atoms with Crippen LogP contribution < -0.4 is 5.73 Å². The van der Waals surface area contributed by atoms with Gasteiger partial charge in [-0.05, 0) is 37.8 Å². The third-order valence-electron chi connectivity index (χ3n) is 2.91. The Morgan fingerprint density at radius 3 is 2.76 bits per heavy atom. The van der Waals surface area contributed by atoms with Crippen LogP contribution in [0.5, 0.6) is 0 Å². The molecule has 0 aliphatic rings. The first-order chi connectivity index (χ1) is 8.15. The van der Waals surface area contributed by atoms with E-state index in [9.17, 15) is 4.79 Å². The molecule has 0 amide bonds. The Labute approximate surface area is 104 Å². The fourth-order valence-corrected chi connectivity index (χ4v) is 1.71. The van der Waals surface area contributed by atoms with Crippen molar-refractivity contribution in [2.45, 2.75) is 39.0 Å². The van der Waals surface area contributed by atoms with Gasteiger partial charge in [-0.15, -0.1) is 6.58 Å². The molecular formula is C15H21NO. The van der Waals surface area contributed by atoms with Crippen LogP contribution in [-0.2, 0) is 0 Å². The van der Waals surface area contributed by atoms with E-state index in [1.165, 1.54) is 0 Å². The molecule has 0 saturated heterocycles. The molecule has 0 fully saturated rings. The van der Waals surface area contributed by atoms with Crippen LogP contribution in [0.15, 0.2) is 30.9 Å². The van der Waals surface area contributed by atoms with Crippen molar-refractivity contribution in [3.8, 4) is 0 Å². The number of unbranched alkanes of at least 4 members (excludes halogenated alkanes) is 3. The second kappa shape index (κ2) is 6.89. The molecule has 0 aliphatic carbocycles. The van der Waals surface area contributed by atoms with Gasteiger partial charge in [-0.25, -0.2) is 0 Å². The van der Waals surface area contributed by atoms with Gasteiger partial charge < -0.3 is 5.73 Å². The molecular weight excluding hydrogens is 210 g/mol. The third-order valence-corrected chi connectivity index (χ3v) is 2.91. The van der Waals surface area contributed by atoms with Gasteiger partial charge in [0.25, 0.3) is 0 Å². The number of benzene rings is 1. The molecule has 0 saturated carbocycles. The standard InChI is InChI=1S/C15H21NO/c1-3-4-5-6-7-8-15(17)13-10-9-12(2)14(16)11-13/h3,9-11H,1,4-8,16H2,2H3. The van der Waals surface area contributed by atoms with Crippen LogP contribution in [-0.4, -0.2) is 5.78 Å². The SMILES string of the molecule is C=CCCCCCC(=O)c1ccc(C)c(N)c1. The van der Waals surface area contributed by atoms with Gasteiger partial charge in [0, 0.05) is 17.7 Å². The van der Waals surface area contributed by atoms with Gasteiger partial charge in [-0.2, -0.15) is 0 Å². The zero-order valence-corrected chi connectivity index (χ0v) is 10.5. The van der Waals surface area contributed by atoms with E-state index < -0.39 is 0 Å². The fourth-order valence-electron chi connectivity index (χ4n) is 1.71. The number of allylic oxidation sites excluding steroid dienone is 1. The van der Waals surface area contributed by atoms with E-state index >= 15 is 0 Å². The number of hydrogen-bond donors (Lipinski definition) is 1. The van der Waals surface area contributed by atoms with Crippen LogP contribution in [0.2, 0.25) is 0 Å². The molecule has 0 radical (unpaired) electrons. The minimum Gasteiger partial charge on any atom is -0.398 e. The topological polar surface area (TPSA) is 43.1 Å². The fraction of sp³-hybridized carbons (Fsp3) is 0.400. The molecule has 0 unspecified atom stereocenters. The maximum Gasteiger partial charge on any atom is 0.162 e. The van der Waals surface area contributed by atoms with Crippen molar-refractivity contribution in [2.24, 2.45) is 0 Å². The predicted octanol–water partition coefficient (Wildman–Crippen LogP) is 3.90. The lowest BCUT2D eigenvalue weighted by Gasteiger charge is -2.04. The number of hydrogen-bond acceptors (Lipinski definition) is 2. The molecule has 1 rings (SSSR count). The normalized spacial score (nSPS) is 10.2. The summed E-state index contributed by atoms with van der Waals surface area (Å²) >= 11 is 0. The smallest absolute Gasteiger partial charge is 0.162 e. The maximum atomic E-state index is 11.9. The van der Waals surface area contributed by atoms with Crippen molar-refractivity contribution in [2.75, 3.05) is 5.73 Å². The number of ketones is 1. The molecule has 0 aliphatic heterocycles. The van der Waals surface area contributed by atoms with Crippen LogP contribution in [0.25, 0.3) is 0 Å². The highest BCUT2D eigenvalue weighted by Gasteiger charge is 2.06. The number of anilines is 1. The third kappa shape index (κ3) is 4.43. The van der Waals surface area contributed by atoms with Gasteiger partial charge in [-0.1, -0.05) is 24.6 Å². The van der Waals surface area contributed by atoms with E-state index in [0.29, 0.717) is 12.1 Å². The Kier molecular flexibility index (Phi) is 5.47. The van der Waals surface area contributed by atoms with E-state index in [0.717, 1.165) is 36.8 Å². The maximum absolute atomic E-state index is 11.9. The second-order valence-corrected chi connectivity index (χ2v) is 4.38. The van der Waals surface area contributed by atoms with E-state index in [1.807, 2.05) is 25.1 Å². The summed E-state index contributed by atoms with van der Waals surface area (Å²) < 4.78 is 0. The average molecular weight is 231 g/mol. The lowest BCUT2D eigenvalue weighted by Crippen LogP contribution is -2.01. The number of carbonyl (C=O) groups is 1. The number of nitrogen functional groups attached to an aromatic ring is 1. The van der Waals surface area contributed by atoms with Crippen LogP contribution in [0, 0.1) is 6.92 Å². The molecule has 2 nitrogen and oxygen atoms in total. The van der Waals surface area contributed by atoms with E-state index in [4.69, 9.17) is 5.73 Å². The molecule has 0 atom stereocenters. The predicted molar refractivity (Wildman–Crippen MR) is 73.2 cm³/mol. The molecule has 0 bridgehead atoms. The summed E-state index contributed by atoms with van der Waals surface area (Å²) in [4.78, 5) is 11.9. The van der Waals surface area contributed by atoms with Gasteiger partial charge in [0.2, 0.25) is 0 Å². The second-order valence-electron chi connectivity index (χ2n) is 4.38. The minimum atomic E-state index is 0.190. The number of rotatable bonds is 7. The van der Waals surface area contributed by atoms with Crippen molar-refractivity contribution in [1.82, 2.24) is 0 Å². The van der Waals surface area contributed by atoms with Gasteiger partial charge in [0.05, 0.1) is 0 Å². The van der Waals surface area contributed by atoms with Crippen molar-refractivity contribution in [1.29, 1.82) is 0 Å². The Balaban J connectivity index is 2.41. The van der Waals surface area contributed by atoms with Crippen LogP contribution >= 0.6 is 0 Å². The van der Waals surface area contributed by atoms with Crippen molar-refractivity contribution >= 4 is 11.5 Å². The monoisotopic (exact) mass is 231 g/mol. The summed E-state index contributed by atoms with van der Waals surface area (Å²) in [5.74, 6) is 0.190. The average Bonchev–Trinajstić information content (AvgIpc) is 2.32. The highest BCUT2D eigenvalue weighted by molar-refractivity contribution is 5.96. The van der Waals surface area contributed by atoms with Gasteiger partial charge in [0.15, 0.2) is 5.78 Å². The summed E-state index contributed by atoms with van der Waals surface area (Å²) in [5.41, 5.74) is 8.24. The van der Waals surface area contributed by atoms with Crippen molar-refractivity contribution in [3.05, 3.63) is 42.0 Å². The number of aryl methyl sites for hydroxylation is 1. The Hall–Kier alpha value is -1.57. The van der Waals surface area contributed by atoms with Gasteiger partial charge in [0.1, 0.15) is 0 Å². The molecule has 1 aromatic rings. The van der Waals surface area contributed by atoms with Crippen molar-refractivity contribution in [3.63, 3.8) is 0 Å². The zero-order valence-electron chi connectivity index (χ0n) is 10.5. The molecule has 0 heterocycles. The lowest BCUT2D eigenvalue weighted by atomic mass is 10.0. The Morgan fingerprint density at radius 1 is 1.35 bits per heavy atom. The van der Waals surface area contributed by atoms with E-state index in [1.54, 1.807) is 6.07 Å². The molecule has 2 N–H and O–H groups in total. The summed E-state index contributed by atoms with van der Waals surface area (Å²) in [7, 11) is 0. The summed E-state index contributed by atoms with van der Waals surface area (Å²) in [6.45, 7) is 5.62. The van der Waals surface area contributed by atoms with Crippen LogP contribution in [0.3, 0.4) is 0 Å². The van der Waals surface area contributed by atoms with E-state index in [-0.39, 0.29) is 5.78 Å². The molecule has 0 aromatic heterocycles.